The van der Waals surface area contributed by atoms with E-state index in [9.17, 15) is 9.50 Å². The van der Waals surface area contributed by atoms with Gasteiger partial charge in [-0.3, -0.25) is 0 Å². The van der Waals surface area contributed by atoms with Crippen LogP contribution >= 0.6 is 15.9 Å². The number of rotatable bonds is 4. The number of nitrogens with zero attached hydrogens (tertiary/aromatic N) is 1. The molecule has 1 N–H and O–H groups in total. The van der Waals surface area contributed by atoms with Gasteiger partial charge in [-0.1, -0.05) is 34.1 Å². The van der Waals surface area contributed by atoms with E-state index in [0.717, 1.165) is 4.47 Å². The van der Waals surface area contributed by atoms with E-state index in [2.05, 4.69) is 15.9 Å². The lowest BCUT2D eigenvalue weighted by molar-refractivity contribution is 0.190. The van der Waals surface area contributed by atoms with E-state index in [0.29, 0.717) is 16.9 Å². The highest BCUT2D eigenvalue weighted by Crippen LogP contribution is 2.29. The molecule has 21 heavy (non-hydrogen) atoms. The van der Waals surface area contributed by atoms with E-state index >= 15 is 0 Å². The number of hydrogen-bond donors (Lipinski definition) is 1. The fraction of sp³-hybridized carbons (Fsp3) is 0.188. The van der Waals surface area contributed by atoms with Crippen LogP contribution in [0.15, 0.2) is 40.9 Å². The zero-order valence-electron chi connectivity index (χ0n) is 11.3. The van der Waals surface area contributed by atoms with Crippen LogP contribution in [-0.2, 0) is 6.61 Å². The quantitative estimate of drug-likeness (QED) is 0.904. The van der Waals surface area contributed by atoms with Crippen molar-refractivity contribution >= 4 is 15.9 Å². The summed E-state index contributed by atoms with van der Waals surface area (Å²) < 4.78 is 20.4. The molecule has 0 fully saturated rings. The van der Waals surface area contributed by atoms with Crippen LogP contribution in [0.1, 0.15) is 29.7 Å². The molecule has 0 bridgehead atoms. The summed E-state index contributed by atoms with van der Waals surface area (Å²) in [5.41, 5.74) is 0.904. The van der Waals surface area contributed by atoms with Crippen LogP contribution in [-0.4, -0.2) is 5.11 Å². The van der Waals surface area contributed by atoms with Gasteiger partial charge < -0.3 is 9.84 Å². The van der Waals surface area contributed by atoms with Crippen LogP contribution in [0, 0.1) is 17.1 Å². The van der Waals surface area contributed by atoms with Gasteiger partial charge in [0.05, 0.1) is 11.7 Å². The average molecular weight is 350 g/mol. The third-order valence-electron chi connectivity index (χ3n) is 3.01. The first-order valence-corrected chi connectivity index (χ1v) is 7.10. The van der Waals surface area contributed by atoms with Crippen LogP contribution in [0.25, 0.3) is 0 Å². The number of halogens is 2. The van der Waals surface area contributed by atoms with Crippen molar-refractivity contribution in [3.05, 3.63) is 63.4 Å². The molecule has 0 amide bonds. The fourth-order valence-corrected chi connectivity index (χ4v) is 2.25. The summed E-state index contributed by atoms with van der Waals surface area (Å²) in [5.74, 6) is -0.102. The molecule has 0 heterocycles. The van der Waals surface area contributed by atoms with Gasteiger partial charge in [-0.25, -0.2) is 4.39 Å². The van der Waals surface area contributed by atoms with Gasteiger partial charge in [-0.15, -0.1) is 0 Å². The van der Waals surface area contributed by atoms with Crippen molar-refractivity contribution in [2.24, 2.45) is 0 Å². The minimum atomic E-state index is -0.691. The van der Waals surface area contributed by atoms with Gasteiger partial charge in [0.25, 0.3) is 0 Å². The lowest BCUT2D eigenvalue weighted by atomic mass is 10.1. The van der Waals surface area contributed by atoms with E-state index in [-0.39, 0.29) is 12.2 Å². The number of aliphatic hydroxyl groups is 1. The summed E-state index contributed by atoms with van der Waals surface area (Å²) in [6.07, 6.45) is -0.691. The fourth-order valence-electron chi connectivity index (χ4n) is 1.91. The van der Waals surface area contributed by atoms with Gasteiger partial charge in [0.15, 0.2) is 0 Å². The Morgan fingerprint density at radius 1 is 1.38 bits per heavy atom. The van der Waals surface area contributed by atoms with Crippen molar-refractivity contribution in [1.82, 2.24) is 0 Å². The van der Waals surface area contributed by atoms with Crippen LogP contribution in [0.5, 0.6) is 5.75 Å². The number of ether oxygens (including phenoxy) is 1. The summed E-state index contributed by atoms with van der Waals surface area (Å²) in [6, 6.07) is 11.6. The largest absolute Gasteiger partial charge is 0.488 e. The molecule has 2 rings (SSSR count). The predicted molar refractivity (Wildman–Crippen MR) is 80.2 cm³/mol. The molecule has 0 unspecified atom stereocenters. The highest BCUT2D eigenvalue weighted by molar-refractivity contribution is 9.10. The summed E-state index contributed by atoms with van der Waals surface area (Å²) in [7, 11) is 0. The molecule has 108 valence electrons. The monoisotopic (exact) mass is 349 g/mol. The van der Waals surface area contributed by atoms with Gasteiger partial charge >= 0.3 is 0 Å². The molecule has 1 atom stereocenters. The average Bonchev–Trinajstić information content (AvgIpc) is 2.46. The Morgan fingerprint density at radius 3 is 2.81 bits per heavy atom. The molecule has 0 radical (unpaired) electrons. The molecule has 2 aromatic carbocycles. The van der Waals surface area contributed by atoms with Crippen molar-refractivity contribution in [3.8, 4) is 11.8 Å². The molecule has 0 spiro atoms. The van der Waals surface area contributed by atoms with Crippen LogP contribution in [0.4, 0.5) is 4.39 Å². The molecule has 0 aliphatic heterocycles. The number of nitriles is 1. The molecular formula is C16H13BrFNO2. The molecule has 3 nitrogen and oxygen atoms in total. The molecule has 0 saturated carbocycles. The summed E-state index contributed by atoms with van der Waals surface area (Å²) in [4.78, 5) is 0. The van der Waals surface area contributed by atoms with Gasteiger partial charge in [0.1, 0.15) is 24.2 Å². The zero-order valence-corrected chi connectivity index (χ0v) is 12.9. The smallest absolute Gasteiger partial charge is 0.147 e. The zero-order chi connectivity index (χ0) is 15.4. The highest BCUT2D eigenvalue weighted by Gasteiger charge is 2.12. The number of aliphatic hydroxyl groups excluding tert-OH is 1. The van der Waals surface area contributed by atoms with E-state index < -0.39 is 11.9 Å². The summed E-state index contributed by atoms with van der Waals surface area (Å²) in [6.45, 7) is 1.62. The van der Waals surface area contributed by atoms with Crippen molar-refractivity contribution in [3.63, 3.8) is 0 Å². The summed E-state index contributed by atoms with van der Waals surface area (Å²) >= 11 is 3.33. The maximum atomic E-state index is 14.0. The van der Waals surface area contributed by atoms with Crippen molar-refractivity contribution in [2.45, 2.75) is 19.6 Å². The second-order valence-electron chi connectivity index (χ2n) is 4.54. The first-order chi connectivity index (χ1) is 10.0. The Hall–Kier alpha value is -1.90. The lowest BCUT2D eigenvalue weighted by Gasteiger charge is -2.14. The Morgan fingerprint density at radius 2 is 2.14 bits per heavy atom. The molecule has 0 aliphatic rings. The van der Waals surface area contributed by atoms with Crippen LogP contribution in [0.2, 0.25) is 0 Å². The molecule has 5 heteroatoms. The molecule has 0 saturated heterocycles. The Kier molecular flexibility index (Phi) is 4.94. The Labute approximate surface area is 130 Å². The number of hydrogen-bond acceptors (Lipinski definition) is 3. The molecule has 0 aliphatic carbocycles. The SMILES string of the molecule is C[C@@H](O)c1ccc(Br)cc1OCc1cccc(C#N)c1F. The van der Waals surface area contributed by atoms with Gasteiger partial charge in [-0.2, -0.15) is 5.26 Å². The molecule has 2 aromatic rings. The third kappa shape index (κ3) is 3.60. The normalized spacial score (nSPS) is 11.8. The first-order valence-electron chi connectivity index (χ1n) is 6.30. The third-order valence-corrected chi connectivity index (χ3v) is 3.50. The van der Waals surface area contributed by atoms with Crippen molar-refractivity contribution in [2.75, 3.05) is 0 Å². The first kappa shape index (κ1) is 15.5. The Bertz CT molecular complexity index is 695. The molecule has 0 aromatic heterocycles. The standard InChI is InChI=1S/C16H13BrFNO2/c1-10(20)14-6-5-13(17)7-15(14)21-9-12-4-2-3-11(8-19)16(12)18/h2-7,10,20H,9H2,1H3/t10-/m1/s1. The van der Waals surface area contributed by atoms with E-state index in [1.54, 1.807) is 43.3 Å². The lowest BCUT2D eigenvalue weighted by Crippen LogP contribution is -2.03. The molecular weight excluding hydrogens is 337 g/mol. The van der Waals surface area contributed by atoms with Gasteiger partial charge in [-0.05, 0) is 25.1 Å². The van der Waals surface area contributed by atoms with Crippen molar-refractivity contribution in [1.29, 1.82) is 5.26 Å². The van der Waals surface area contributed by atoms with Gasteiger partial charge in [0, 0.05) is 15.6 Å². The van der Waals surface area contributed by atoms with Crippen LogP contribution in [0.3, 0.4) is 0 Å². The second-order valence-corrected chi connectivity index (χ2v) is 5.45. The summed E-state index contributed by atoms with van der Waals surface area (Å²) in [5, 5.41) is 18.5. The van der Waals surface area contributed by atoms with E-state index in [1.807, 2.05) is 0 Å². The number of benzene rings is 2. The van der Waals surface area contributed by atoms with Crippen molar-refractivity contribution < 1.29 is 14.2 Å². The maximum absolute atomic E-state index is 14.0. The minimum Gasteiger partial charge on any atom is -0.488 e. The maximum Gasteiger partial charge on any atom is 0.147 e. The van der Waals surface area contributed by atoms with E-state index in [4.69, 9.17) is 10.00 Å². The topological polar surface area (TPSA) is 53.2 Å². The Balaban J connectivity index is 2.25. The predicted octanol–water partition coefficient (Wildman–Crippen LogP) is 4.09. The van der Waals surface area contributed by atoms with Gasteiger partial charge in [0.2, 0.25) is 0 Å². The minimum absolute atomic E-state index is 0.0129. The van der Waals surface area contributed by atoms with Crippen LogP contribution < -0.4 is 4.74 Å². The second kappa shape index (κ2) is 6.70. The van der Waals surface area contributed by atoms with E-state index in [1.165, 1.54) is 6.07 Å². The highest BCUT2D eigenvalue weighted by atomic mass is 79.9.